The van der Waals surface area contributed by atoms with E-state index in [0.717, 1.165) is 5.56 Å². The minimum Gasteiger partial charge on any atom is -0.316 e. The number of anilines is 1. The first-order valence-electron chi connectivity index (χ1n) is 6.17. The average molecular weight is 302 g/mol. The second-order valence-corrected chi connectivity index (χ2v) is 6.01. The summed E-state index contributed by atoms with van der Waals surface area (Å²) >= 11 is 0. The fourth-order valence-electron chi connectivity index (χ4n) is 1.77. The van der Waals surface area contributed by atoms with E-state index in [0.29, 0.717) is 12.2 Å². The highest BCUT2D eigenvalue weighted by Gasteiger charge is 2.14. The number of nitrogens with one attached hydrogen (secondary N) is 2. The summed E-state index contributed by atoms with van der Waals surface area (Å²) in [4.78, 5) is 3.78. The summed E-state index contributed by atoms with van der Waals surface area (Å²) in [5.41, 5.74) is 1.62. The smallest absolute Gasteiger partial charge is 0.263 e. The van der Waals surface area contributed by atoms with Gasteiger partial charge >= 0.3 is 0 Å². The summed E-state index contributed by atoms with van der Waals surface area (Å²) in [5.74, 6) is 0. The van der Waals surface area contributed by atoms with Crippen molar-refractivity contribution in [3.63, 3.8) is 0 Å². The normalized spacial score (nSPS) is 10.9. The summed E-state index contributed by atoms with van der Waals surface area (Å²) in [6.45, 7) is 0.647. The highest BCUT2D eigenvalue weighted by Crippen LogP contribution is 2.16. The zero-order valence-corrected chi connectivity index (χ0v) is 12.2. The molecule has 0 radical (unpaired) electrons. The first-order chi connectivity index (χ1) is 10.0. The van der Waals surface area contributed by atoms with Gasteiger partial charge in [0.2, 0.25) is 0 Å². The summed E-state index contributed by atoms with van der Waals surface area (Å²) in [6.07, 6.45) is 1.17. The molecule has 0 unspecified atom stereocenters. The van der Waals surface area contributed by atoms with Crippen molar-refractivity contribution in [2.45, 2.75) is 11.4 Å². The van der Waals surface area contributed by atoms with Crippen LogP contribution in [0.3, 0.4) is 0 Å². The molecule has 1 aromatic carbocycles. The third kappa shape index (κ3) is 3.78. The molecule has 0 saturated heterocycles. The number of sulfonamides is 1. The molecule has 6 nitrogen and oxygen atoms in total. The maximum absolute atomic E-state index is 12.2. The number of nitrogens with zero attached hydrogens (tertiary/aromatic N) is 2. The molecule has 7 heteroatoms. The van der Waals surface area contributed by atoms with E-state index in [1.807, 2.05) is 19.2 Å². The molecule has 108 valence electrons. The molecule has 1 heterocycles. The number of aromatic nitrogens is 1. The molecule has 2 rings (SSSR count). The maximum atomic E-state index is 12.2. The van der Waals surface area contributed by atoms with Crippen LogP contribution >= 0.6 is 0 Å². The molecule has 0 aliphatic rings. The predicted octanol–water partition coefficient (Wildman–Crippen LogP) is 1.47. The Hall–Kier alpha value is -2.43. The lowest BCUT2D eigenvalue weighted by Gasteiger charge is -2.09. The van der Waals surface area contributed by atoms with Gasteiger partial charge in [-0.2, -0.15) is 5.26 Å². The summed E-state index contributed by atoms with van der Waals surface area (Å²) < 4.78 is 26.9. The molecule has 0 fully saturated rings. The summed E-state index contributed by atoms with van der Waals surface area (Å²) in [6, 6.07) is 11.7. The quantitative estimate of drug-likeness (QED) is 0.872. The third-order valence-corrected chi connectivity index (χ3v) is 4.09. The number of nitriles is 1. The summed E-state index contributed by atoms with van der Waals surface area (Å²) in [7, 11) is -1.89. The lowest BCUT2D eigenvalue weighted by molar-refractivity contribution is 0.601. The molecule has 1 aromatic heterocycles. The largest absolute Gasteiger partial charge is 0.316 e. The molecule has 21 heavy (non-hydrogen) atoms. The van der Waals surface area contributed by atoms with E-state index in [2.05, 4.69) is 15.0 Å². The van der Waals surface area contributed by atoms with Crippen molar-refractivity contribution in [3.05, 3.63) is 53.9 Å². The van der Waals surface area contributed by atoms with Crippen LogP contribution in [-0.2, 0) is 16.6 Å². The van der Waals surface area contributed by atoms with Gasteiger partial charge in [-0.3, -0.25) is 4.72 Å². The Kier molecular flexibility index (Phi) is 4.52. The maximum Gasteiger partial charge on any atom is 0.263 e. The molecule has 0 saturated carbocycles. The van der Waals surface area contributed by atoms with E-state index in [1.165, 1.54) is 18.3 Å². The Morgan fingerprint density at radius 1 is 1.29 bits per heavy atom. The Morgan fingerprint density at radius 3 is 2.71 bits per heavy atom. The van der Waals surface area contributed by atoms with Gasteiger partial charge in [0.15, 0.2) is 0 Å². The fraction of sp³-hybridized carbons (Fsp3) is 0.143. The minimum absolute atomic E-state index is 0.0144. The van der Waals surface area contributed by atoms with Gasteiger partial charge in [0.25, 0.3) is 10.0 Å². The molecule has 0 bridgehead atoms. The van der Waals surface area contributed by atoms with Gasteiger partial charge in [0.1, 0.15) is 16.7 Å². The van der Waals surface area contributed by atoms with Crippen molar-refractivity contribution in [3.8, 4) is 6.07 Å². The van der Waals surface area contributed by atoms with Crippen LogP contribution in [0.15, 0.2) is 47.5 Å². The van der Waals surface area contributed by atoms with E-state index >= 15 is 0 Å². The standard InChI is InChI=1S/C14H14N4O2S/c1-16-9-11-3-2-4-12(7-11)18-21(19,20)14-6-5-13(8-15)17-10-14/h2-7,10,16,18H,9H2,1H3. The van der Waals surface area contributed by atoms with Crippen LogP contribution in [0, 0.1) is 11.3 Å². The Morgan fingerprint density at radius 2 is 2.10 bits per heavy atom. The zero-order valence-electron chi connectivity index (χ0n) is 11.4. The second-order valence-electron chi connectivity index (χ2n) is 4.33. The molecular formula is C14H14N4O2S. The first-order valence-corrected chi connectivity index (χ1v) is 7.66. The number of pyridine rings is 1. The lowest BCUT2D eigenvalue weighted by atomic mass is 10.2. The van der Waals surface area contributed by atoms with Crippen LogP contribution in [0.5, 0.6) is 0 Å². The minimum atomic E-state index is -3.71. The van der Waals surface area contributed by atoms with Crippen molar-refractivity contribution in [2.24, 2.45) is 0 Å². The van der Waals surface area contributed by atoms with Crippen molar-refractivity contribution in [1.29, 1.82) is 5.26 Å². The van der Waals surface area contributed by atoms with Crippen LogP contribution in [0.25, 0.3) is 0 Å². The van der Waals surface area contributed by atoms with E-state index in [9.17, 15) is 8.42 Å². The van der Waals surface area contributed by atoms with Crippen LogP contribution in [0.2, 0.25) is 0 Å². The van der Waals surface area contributed by atoms with Crippen LogP contribution in [0.1, 0.15) is 11.3 Å². The van der Waals surface area contributed by atoms with Crippen LogP contribution < -0.4 is 10.0 Å². The van der Waals surface area contributed by atoms with Crippen LogP contribution in [0.4, 0.5) is 5.69 Å². The molecule has 0 aliphatic heterocycles. The average Bonchev–Trinajstić information content (AvgIpc) is 2.47. The lowest BCUT2D eigenvalue weighted by Crippen LogP contribution is -2.14. The summed E-state index contributed by atoms with van der Waals surface area (Å²) in [5, 5.41) is 11.7. The van der Waals surface area contributed by atoms with Crippen molar-refractivity contribution < 1.29 is 8.42 Å². The topological polar surface area (TPSA) is 94.9 Å². The highest BCUT2D eigenvalue weighted by atomic mass is 32.2. The van der Waals surface area contributed by atoms with Gasteiger partial charge in [0, 0.05) is 18.4 Å². The van der Waals surface area contributed by atoms with E-state index < -0.39 is 10.0 Å². The Balaban J connectivity index is 2.24. The third-order valence-electron chi connectivity index (χ3n) is 2.72. The van der Waals surface area contributed by atoms with Crippen molar-refractivity contribution in [1.82, 2.24) is 10.3 Å². The molecule has 0 aliphatic carbocycles. The van der Waals surface area contributed by atoms with Crippen LogP contribution in [-0.4, -0.2) is 20.4 Å². The number of hydrogen-bond acceptors (Lipinski definition) is 5. The predicted molar refractivity (Wildman–Crippen MR) is 79.0 cm³/mol. The van der Waals surface area contributed by atoms with Crippen molar-refractivity contribution in [2.75, 3.05) is 11.8 Å². The van der Waals surface area contributed by atoms with E-state index in [-0.39, 0.29) is 10.6 Å². The SMILES string of the molecule is CNCc1cccc(NS(=O)(=O)c2ccc(C#N)nc2)c1. The van der Waals surface area contributed by atoms with E-state index in [1.54, 1.807) is 18.2 Å². The van der Waals surface area contributed by atoms with Gasteiger partial charge in [-0.25, -0.2) is 13.4 Å². The number of benzene rings is 1. The molecule has 0 atom stereocenters. The highest BCUT2D eigenvalue weighted by molar-refractivity contribution is 7.92. The first kappa shape index (κ1) is 15.0. The number of hydrogen-bond donors (Lipinski definition) is 2. The molecule has 0 spiro atoms. The Bertz CT molecular complexity index is 764. The van der Waals surface area contributed by atoms with E-state index in [4.69, 9.17) is 5.26 Å². The molecule has 0 amide bonds. The van der Waals surface area contributed by atoms with Crippen molar-refractivity contribution >= 4 is 15.7 Å². The van der Waals surface area contributed by atoms with Gasteiger partial charge in [-0.15, -0.1) is 0 Å². The Labute approximate surface area is 123 Å². The zero-order chi connectivity index (χ0) is 15.3. The van der Waals surface area contributed by atoms with Gasteiger partial charge < -0.3 is 5.32 Å². The fourth-order valence-corrected chi connectivity index (χ4v) is 2.76. The molecule has 2 aromatic rings. The van der Waals surface area contributed by atoms with Gasteiger partial charge in [-0.05, 0) is 36.9 Å². The molecule has 2 N–H and O–H groups in total. The van der Waals surface area contributed by atoms with Gasteiger partial charge in [0.05, 0.1) is 0 Å². The monoisotopic (exact) mass is 302 g/mol. The number of rotatable bonds is 5. The van der Waals surface area contributed by atoms with Gasteiger partial charge in [-0.1, -0.05) is 12.1 Å². The second kappa shape index (κ2) is 6.35. The molecular weight excluding hydrogens is 288 g/mol.